The molecule has 0 bridgehead atoms. The average Bonchev–Trinajstić information content (AvgIpc) is 3.13. The third-order valence-electron chi connectivity index (χ3n) is 11.9. The van der Waals surface area contributed by atoms with Gasteiger partial charge >= 0.3 is 6.87 Å². The van der Waals surface area contributed by atoms with Gasteiger partial charge in [-0.2, -0.15) is 0 Å². The Morgan fingerprint density at radius 3 is 1.77 bits per heavy atom. The normalized spacial score (nSPS) is 27.1. The van der Waals surface area contributed by atoms with Crippen LogP contribution in [-0.2, 0) is 0 Å². The van der Waals surface area contributed by atoms with Crippen LogP contribution in [0.25, 0.3) is 0 Å². The number of benzene rings is 1. The lowest BCUT2D eigenvalue weighted by atomic mass is 9.10. The van der Waals surface area contributed by atoms with E-state index >= 15 is 0 Å². The second-order valence-corrected chi connectivity index (χ2v) is 17.3. The standard InChI is InChI=1S/C37H65B2N5/c1-27(2)31-24-19-25-32(28(3)4)33(31)44-36(7,8)26-35(5,6)37(44)34(40-29-20-15-13-16-21-29)43(30-22-17-14-18-23-30)38(37)39(41(9)10)42(11)12/h19,24-25,27-30H,13-18,20-23,26H2,1-12H3/t37-/m1/s1. The van der Waals surface area contributed by atoms with Crippen LogP contribution in [0.5, 0.6) is 0 Å². The van der Waals surface area contributed by atoms with Crippen molar-refractivity contribution in [3.8, 4) is 0 Å². The van der Waals surface area contributed by atoms with E-state index in [4.69, 9.17) is 4.99 Å². The molecule has 0 unspecified atom stereocenters. The van der Waals surface area contributed by atoms with E-state index in [1.807, 2.05) is 0 Å². The number of aliphatic imine (C=N–C) groups is 1. The number of hydrogen-bond donors (Lipinski definition) is 0. The van der Waals surface area contributed by atoms with Gasteiger partial charge in [0.25, 0.3) is 6.74 Å². The molecular weight excluding hydrogens is 536 g/mol. The van der Waals surface area contributed by atoms with Gasteiger partial charge in [0.1, 0.15) is 5.84 Å². The zero-order valence-electron chi connectivity index (χ0n) is 30.7. The van der Waals surface area contributed by atoms with Crippen LogP contribution in [0, 0.1) is 5.41 Å². The molecule has 4 fully saturated rings. The Bertz CT molecular complexity index is 1140. The molecule has 4 aliphatic rings. The first kappa shape index (κ1) is 33.9. The molecule has 44 heavy (non-hydrogen) atoms. The molecule has 2 aliphatic carbocycles. The highest BCUT2D eigenvalue weighted by atomic mass is 15.4. The molecule has 0 N–H and O–H groups in total. The van der Waals surface area contributed by atoms with Crippen molar-refractivity contribution in [2.24, 2.45) is 10.4 Å². The van der Waals surface area contributed by atoms with Crippen LogP contribution < -0.4 is 4.90 Å². The van der Waals surface area contributed by atoms with Crippen LogP contribution in [0.4, 0.5) is 5.69 Å². The smallest absolute Gasteiger partial charge is 0.301 e. The number of amidine groups is 1. The lowest BCUT2D eigenvalue weighted by Crippen LogP contribution is -2.93. The molecule has 0 aromatic heterocycles. The minimum Gasteiger partial charge on any atom is -0.400 e. The highest BCUT2D eigenvalue weighted by Gasteiger charge is 2.79. The van der Waals surface area contributed by atoms with Crippen molar-refractivity contribution < 1.29 is 0 Å². The van der Waals surface area contributed by atoms with Crippen molar-refractivity contribution in [1.82, 2.24) is 14.4 Å². The lowest BCUT2D eigenvalue weighted by Gasteiger charge is -2.69. The molecule has 5 rings (SSSR count). The van der Waals surface area contributed by atoms with Crippen molar-refractivity contribution in [3.05, 3.63) is 29.3 Å². The van der Waals surface area contributed by atoms with Gasteiger partial charge in [-0.05, 0) is 103 Å². The first-order valence-corrected chi connectivity index (χ1v) is 18.3. The van der Waals surface area contributed by atoms with E-state index in [1.165, 1.54) is 86.9 Å². The molecule has 2 aliphatic heterocycles. The largest absolute Gasteiger partial charge is 0.400 e. The van der Waals surface area contributed by atoms with Gasteiger partial charge < -0.3 is 19.3 Å². The molecule has 7 heteroatoms. The van der Waals surface area contributed by atoms with Crippen molar-refractivity contribution in [1.29, 1.82) is 0 Å². The molecule has 5 nitrogen and oxygen atoms in total. The highest BCUT2D eigenvalue weighted by molar-refractivity contribution is 7.24. The predicted molar refractivity (Wildman–Crippen MR) is 194 cm³/mol. The van der Waals surface area contributed by atoms with Gasteiger partial charge in [0.15, 0.2) is 0 Å². The van der Waals surface area contributed by atoms with Gasteiger partial charge in [-0.15, -0.1) is 0 Å². The quantitative estimate of drug-likeness (QED) is 0.280. The third-order valence-corrected chi connectivity index (χ3v) is 11.9. The summed E-state index contributed by atoms with van der Waals surface area (Å²) in [6.45, 7) is 20.5. The molecule has 2 saturated carbocycles. The van der Waals surface area contributed by atoms with Gasteiger partial charge in [-0.1, -0.05) is 98.3 Å². The molecule has 1 spiro atoms. The molecule has 2 saturated heterocycles. The summed E-state index contributed by atoms with van der Waals surface area (Å²) in [5.74, 6) is 2.34. The second kappa shape index (κ2) is 12.6. The Morgan fingerprint density at radius 2 is 1.30 bits per heavy atom. The van der Waals surface area contributed by atoms with Crippen molar-refractivity contribution in [2.75, 3.05) is 33.1 Å². The number of nitrogens with zero attached hydrogens (tertiary/aromatic N) is 5. The van der Waals surface area contributed by atoms with E-state index in [0.717, 1.165) is 6.42 Å². The van der Waals surface area contributed by atoms with Crippen molar-refractivity contribution in [2.45, 2.75) is 161 Å². The van der Waals surface area contributed by atoms with Crippen LogP contribution in [-0.4, -0.2) is 85.1 Å². The fraction of sp³-hybridized carbons (Fsp3) is 0.811. The molecule has 2 heterocycles. The first-order valence-electron chi connectivity index (χ1n) is 18.3. The summed E-state index contributed by atoms with van der Waals surface area (Å²) < 4.78 is 0. The van der Waals surface area contributed by atoms with E-state index < -0.39 is 0 Å². The summed E-state index contributed by atoms with van der Waals surface area (Å²) >= 11 is 0. The number of rotatable bonds is 8. The van der Waals surface area contributed by atoms with Gasteiger partial charge in [0.05, 0.1) is 11.5 Å². The summed E-state index contributed by atoms with van der Waals surface area (Å²) in [5, 5.41) is 0. The van der Waals surface area contributed by atoms with Crippen LogP contribution in [0.2, 0.25) is 0 Å². The van der Waals surface area contributed by atoms with Crippen LogP contribution >= 0.6 is 0 Å². The fourth-order valence-electron chi connectivity index (χ4n) is 10.5. The van der Waals surface area contributed by atoms with Gasteiger partial charge in [0, 0.05) is 17.3 Å². The average molecular weight is 602 g/mol. The van der Waals surface area contributed by atoms with E-state index in [-0.39, 0.29) is 23.3 Å². The SMILES string of the molecule is CC(C)c1cccc(C(C)C)c1N1C(C)(C)CC(C)(C)[C@]12B(B(N(C)C)N(C)C)N(C1CCCCC1)C2=NC1CCCCC1. The van der Waals surface area contributed by atoms with E-state index in [9.17, 15) is 0 Å². The number of hydrogen-bond acceptors (Lipinski definition) is 4. The highest BCUT2D eigenvalue weighted by Crippen LogP contribution is 2.63. The van der Waals surface area contributed by atoms with E-state index in [1.54, 1.807) is 0 Å². The topological polar surface area (TPSA) is 25.3 Å². The number of anilines is 1. The fourth-order valence-corrected chi connectivity index (χ4v) is 10.5. The zero-order valence-corrected chi connectivity index (χ0v) is 30.7. The van der Waals surface area contributed by atoms with Crippen LogP contribution in [0.15, 0.2) is 23.2 Å². The first-order chi connectivity index (χ1) is 20.7. The molecule has 1 aromatic carbocycles. The van der Waals surface area contributed by atoms with Crippen molar-refractivity contribution in [3.63, 3.8) is 0 Å². The minimum atomic E-state index is -0.209. The van der Waals surface area contributed by atoms with Crippen molar-refractivity contribution >= 4 is 25.1 Å². The molecule has 0 radical (unpaired) electrons. The summed E-state index contributed by atoms with van der Waals surface area (Å²) in [7, 11) is 9.25. The zero-order chi connectivity index (χ0) is 32.2. The Hall–Kier alpha value is -1.46. The van der Waals surface area contributed by atoms with Gasteiger partial charge in [-0.25, -0.2) is 0 Å². The maximum absolute atomic E-state index is 6.03. The lowest BCUT2D eigenvalue weighted by molar-refractivity contribution is 0.235. The van der Waals surface area contributed by atoms with Gasteiger partial charge in [-0.3, -0.25) is 4.99 Å². The van der Waals surface area contributed by atoms with Gasteiger partial charge in [0.2, 0.25) is 0 Å². The molecule has 1 aromatic rings. The van der Waals surface area contributed by atoms with E-state index in [2.05, 4.69) is 121 Å². The minimum absolute atomic E-state index is 0.0223. The molecular formula is C37H65B2N5. The Balaban J connectivity index is 1.87. The summed E-state index contributed by atoms with van der Waals surface area (Å²) in [6, 6.07) is 8.21. The summed E-state index contributed by atoms with van der Waals surface area (Å²) in [4.78, 5) is 17.0. The predicted octanol–water partition coefficient (Wildman–Crippen LogP) is 8.29. The van der Waals surface area contributed by atoms with E-state index in [0.29, 0.717) is 30.7 Å². The summed E-state index contributed by atoms with van der Waals surface area (Å²) in [5.41, 5.74) is 4.31. The molecule has 244 valence electrons. The van der Waals surface area contributed by atoms with Crippen LogP contribution in [0.3, 0.4) is 0 Å². The monoisotopic (exact) mass is 602 g/mol. The van der Waals surface area contributed by atoms with Crippen LogP contribution in [0.1, 0.15) is 149 Å². The molecule has 1 atom stereocenters. The second-order valence-electron chi connectivity index (χ2n) is 17.3. The molecule has 0 amide bonds. The Labute approximate surface area is 272 Å². The number of para-hydroxylation sites is 1. The summed E-state index contributed by atoms with van der Waals surface area (Å²) in [6.07, 6.45) is 14.3. The third kappa shape index (κ3) is 5.48. The maximum atomic E-state index is 6.03. The Morgan fingerprint density at radius 1 is 0.795 bits per heavy atom. The maximum Gasteiger partial charge on any atom is 0.301 e. The Kier molecular flexibility index (Phi) is 9.72.